The minimum absolute atomic E-state index is 0.451. The fourth-order valence-electron chi connectivity index (χ4n) is 2.16. The van der Waals surface area contributed by atoms with Gasteiger partial charge in [0.15, 0.2) is 0 Å². The third-order valence-corrected chi connectivity index (χ3v) is 3.45. The van der Waals surface area contributed by atoms with Gasteiger partial charge in [-0.25, -0.2) is 0 Å². The quantitative estimate of drug-likeness (QED) is 0.756. The van der Waals surface area contributed by atoms with Crippen molar-refractivity contribution in [3.63, 3.8) is 0 Å². The Labute approximate surface area is 97.1 Å². The van der Waals surface area contributed by atoms with Gasteiger partial charge in [-0.3, -0.25) is 0 Å². The highest BCUT2D eigenvalue weighted by Crippen LogP contribution is 2.27. The summed E-state index contributed by atoms with van der Waals surface area (Å²) >= 11 is 0. The monoisotopic (exact) mass is 212 g/mol. The van der Waals surface area contributed by atoms with Crippen LogP contribution < -0.4 is 0 Å². The molecule has 0 heterocycles. The normalized spacial score (nSPS) is 9.62. The zero-order valence-electron chi connectivity index (χ0n) is 10.3. The van der Waals surface area contributed by atoms with Crippen LogP contribution in [0.3, 0.4) is 0 Å². The Morgan fingerprint density at radius 3 is 1.12 bits per heavy atom. The molecule has 1 aromatic rings. The highest BCUT2D eigenvalue weighted by atomic mass is 14.3. The SMILES string of the molecule is Cc1c(C)c(CC#N)c(C)c(C)c1CC#N. The predicted octanol–water partition coefficient (Wildman–Crippen LogP) is 3.05. The van der Waals surface area contributed by atoms with Gasteiger partial charge in [-0.05, 0) is 61.1 Å². The summed E-state index contributed by atoms with van der Waals surface area (Å²) in [4.78, 5) is 0. The van der Waals surface area contributed by atoms with Crippen molar-refractivity contribution in [2.24, 2.45) is 0 Å². The van der Waals surface area contributed by atoms with E-state index in [1.54, 1.807) is 0 Å². The molecule has 82 valence electrons. The molecule has 0 aromatic heterocycles. The van der Waals surface area contributed by atoms with Crippen LogP contribution in [0.15, 0.2) is 0 Å². The van der Waals surface area contributed by atoms with Crippen LogP contribution in [0, 0.1) is 50.4 Å². The van der Waals surface area contributed by atoms with Crippen molar-refractivity contribution in [3.8, 4) is 12.1 Å². The molecule has 0 unspecified atom stereocenters. The Kier molecular flexibility index (Phi) is 3.69. The fourth-order valence-corrected chi connectivity index (χ4v) is 2.16. The van der Waals surface area contributed by atoms with Crippen LogP contribution in [0.4, 0.5) is 0 Å². The van der Waals surface area contributed by atoms with E-state index in [-0.39, 0.29) is 0 Å². The maximum absolute atomic E-state index is 8.82. The summed E-state index contributed by atoms with van der Waals surface area (Å²) in [5.74, 6) is 0. The van der Waals surface area contributed by atoms with E-state index in [0.29, 0.717) is 12.8 Å². The molecule has 16 heavy (non-hydrogen) atoms. The van der Waals surface area contributed by atoms with Gasteiger partial charge in [0, 0.05) is 0 Å². The Balaban J connectivity index is 3.52. The fraction of sp³-hybridized carbons (Fsp3) is 0.429. The van der Waals surface area contributed by atoms with Crippen LogP contribution in [-0.4, -0.2) is 0 Å². The standard InChI is InChI=1S/C14H16N2/c1-9-10(2)14(6-8-16)12(4)11(3)13(9)5-7-15/h5-6H2,1-4H3. The Bertz CT molecular complexity index is 423. The molecular formula is C14H16N2. The molecule has 0 aliphatic rings. The molecule has 2 nitrogen and oxygen atoms in total. The van der Waals surface area contributed by atoms with Crippen LogP contribution in [0.2, 0.25) is 0 Å². The maximum atomic E-state index is 8.82. The van der Waals surface area contributed by atoms with E-state index < -0.39 is 0 Å². The van der Waals surface area contributed by atoms with E-state index in [4.69, 9.17) is 10.5 Å². The van der Waals surface area contributed by atoms with Gasteiger partial charge in [0.05, 0.1) is 25.0 Å². The van der Waals surface area contributed by atoms with Crippen molar-refractivity contribution in [3.05, 3.63) is 33.4 Å². The summed E-state index contributed by atoms with van der Waals surface area (Å²) in [7, 11) is 0. The molecule has 0 N–H and O–H groups in total. The molecule has 0 amide bonds. The van der Waals surface area contributed by atoms with Gasteiger partial charge in [0.2, 0.25) is 0 Å². The number of rotatable bonds is 2. The first-order chi connectivity index (χ1) is 7.54. The molecule has 0 saturated carbocycles. The molecule has 0 fully saturated rings. The van der Waals surface area contributed by atoms with E-state index in [1.165, 1.54) is 0 Å². The first-order valence-electron chi connectivity index (χ1n) is 5.36. The van der Waals surface area contributed by atoms with E-state index in [2.05, 4.69) is 12.1 Å². The summed E-state index contributed by atoms with van der Waals surface area (Å²) in [6, 6.07) is 4.41. The lowest BCUT2D eigenvalue weighted by Crippen LogP contribution is -2.04. The Morgan fingerprint density at radius 2 is 0.938 bits per heavy atom. The predicted molar refractivity (Wildman–Crippen MR) is 64.0 cm³/mol. The lowest BCUT2D eigenvalue weighted by Gasteiger charge is -2.17. The van der Waals surface area contributed by atoms with Crippen LogP contribution in [0.1, 0.15) is 33.4 Å². The molecule has 0 aliphatic carbocycles. The van der Waals surface area contributed by atoms with Crippen molar-refractivity contribution < 1.29 is 0 Å². The molecule has 0 radical (unpaired) electrons. The molecule has 1 rings (SSSR count). The van der Waals surface area contributed by atoms with Crippen molar-refractivity contribution in [1.29, 1.82) is 10.5 Å². The Hall–Kier alpha value is -1.80. The molecule has 0 bridgehead atoms. The lowest BCUT2D eigenvalue weighted by molar-refractivity contribution is 1.06. The van der Waals surface area contributed by atoms with Gasteiger partial charge in [-0.2, -0.15) is 10.5 Å². The van der Waals surface area contributed by atoms with Crippen molar-refractivity contribution in [2.75, 3.05) is 0 Å². The molecule has 1 aromatic carbocycles. The summed E-state index contributed by atoms with van der Waals surface area (Å²) in [6.45, 7) is 8.15. The van der Waals surface area contributed by atoms with E-state index >= 15 is 0 Å². The van der Waals surface area contributed by atoms with E-state index in [0.717, 1.165) is 33.4 Å². The Morgan fingerprint density at radius 1 is 0.688 bits per heavy atom. The van der Waals surface area contributed by atoms with E-state index in [1.807, 2.05) is 27.7 Å². The molecule has 2 heteroatoms. The summed E-state index contributed by atoms with van der Waals surface area (Å²) in [5.41, 5.74) is 6.90. The van der Waals surface area contributed by atoms with Crippen molar-refractivity contribution in [1.82, 2.24) is 0 Å². The third kappa shape index (κ3) is 1.92. The first-order valence-corrected chi connectivity index (χ1v) is 5.36. The second kappa shape index (κ2) is 4.81. The number of hydrogen-bond donors (Lipinski definition) is 0. The van der Waals surface area contributed by atoms with Gasteiger partial charge in [-0.15, -0.1) is 0 Å². The zero-order valence-corrected chi connectivity index (χ0v) is 10.3. The van der Waals surface area contributed by atoms with E-state index in [9.17, 15) is 0 Å². The smallest absolute Gasteiger partial charge is 0.0669 e. The van der Waals surface area contributed by atoms with Crippen molar-refractivity contribution >= 4 is 0 Å². The third-order valence-electron chi connectivity index (χ3n) is 3.45. The van der Waals surface area contributed by atoms with Gasteiger partial charge in [0.25, 0.3) is 0 Å². The molecule has 0 aliphatic heterocycles. The van der Waals surface area contributed by atoms with Crippen LogP contribution in [-0.2, 0) is 12.8 Å². The van der Waals surface area contributed by atoms with Gasteiger partial charge < -0.3 is 0 Å². The molecular weight excluding hydrogens is 196 g/mol. The average molecular weight is 212 g/mol. The minimum Gasteiger partial charge on any atom is -0.198 e. The second-order valence-electron chi connectivity index (χ2n) is 4.13. The molecule has 0 saturated heterocycles. The number of nitrogens with zero attached hydrogens (tertiary/aromatic N) is 2. The number of hydrogen-bond acceptors (Lipinski definition) is 2. The summed E-state index contributed by atoms with van der Waals surface area (Å²) in [6.07, 6.45) is 0.901. The second-order valence-corrected chi connectivity index (χ2v) is 4.13. The van der Waals surface area contributed by atoms with Crippen LogP contribution >= 0.6 is 0 Å². The number of benzene rings is 1. The van der Waals surface area contributed by atoms with Gasteiger partial charge >= 0.3 is 0 Å². The number of nitriles is 2. The minimum atomic E-state index is 0.451. The van der Waals surface area contributed by atoms with Crippen LogP contribution in [0.25, 0.3) is 0 Å². The maximum Gasteiger partial charge on any atom is 0.0669 e. The summed E-state index contributed by atoms with van der Waals surface area (Å²) < 4.78 is 0. The summed E-state index contributed by atoms with van der Waals surface area (Å²) in [5, 5.41) is 17.6. The largest absolute Gasteiger partial charge is 0.198 e. The first kappa shape index (κ1) is 12.3. The van der Waals surface area contributed by atoms with Crippen molar-refractivity contribution in [2.45, 2.75) is 40.5 Å². The topological polar surface area (TPSA) is 47.6 Å². The highest BCUT2D eigenvalue weighted by Gasteiger charge is 2.13. The zero-order chi connectivity index (χ0) is 12.3. The molecule has 0 spiro atoms. The van der Waals surface area contributed by atoms with Gasteiger partial charge in [0.1, 0.15) is 0 Å². The molecule has 0 atom stereocenters. The van der Waals surface area contributed by atoms with Gasteiger partial charge in [-0.1, -0.05) is 0 Å². The highest BCUT2D eigenvalue weighted by molar-refractivity contribution is 5.51. The van der Waals surface area contributed by atoms with Crippen LogP contribution in [0.5, 0.6) is 0 Å². The average Bonchev–Trinajstić information content (AvgIpc) is 2.28. The lowest BCUT2D eigenvalue weighted by atomic mass is 9.87.